The first-order valence-corrected chi connectivity index (χ1v) is 9.02. The number of benzene rings is 2. The zero-order chi connectivity index (χ0) is 19.9. The minimum absolute atomic E-state index is 0.0208. The van der Waals surface area contributed by atoms with Gasteiger partial charge in [0.1, 0.15) is 5.75 Å². The van der Waals surface area contributed by atoms with E-state index in [-0.39, 0.29) is 48.3 Å². The number of hydrogen-bond donors (Lipinski definition) is 2. The number of phenols is 1. The molecule has 148 valence electrons. The van der Waals surface area contributed by atoms with Crippen LogP contribution in [-0.4, -0.2) is 61.4 Å². The number of ether oxygens (including phenoxy) is 3. The lowest BCUT2D eigenvalue weighted by molar-refractivity contribution is 0.00426. The van der Waals surface area contributed by atoms with E-state index in [9.17, 15) is 14.7 Å². The topological polar surface area (TPSA) is 102 Å². The van der Waals surface area contributed by atoms with Crippen LogP contribution in [0.2, 0.25) is 0 Å². The highest BCUT2D eigenvalue weighted by Gasteiger charge is 2.32. The summed E-state index contributed by atoms with van der Waals surface area (Å²) < 4.78 is 15.9. The van der Waals surface area contributed by atoms with Crippen molar-refractivity contribution < 1.29 is 34.0 Å². The summed E-state index contributed by atoms with van der Waals surface area (Å²) in [6, 6.07) is 9.74. The van der Waals surface area contributed by atoms with Crippen molar-refractivity contribution in [2.75, 3.05) is 39.6 Å². The van der Waals surface area contributed by atoms with Gasteiger partial charge in [-0.25, -0.2) is 0 Å². The molecule has 0 amide bonds. The predicted molar refractivity (Wildman–Crippen MR) is 99.8 cm³/mol. The number of phenolic OH excluding ortho intramolecular Hbond substituents is 1. The van der Waals surface area contributed by atoms with Crippen LogP contribution in [0, 0.1) is 0 Å². The highest BCUT2D eigenvalue weighted by Crippen LogP contribution is 2.35. The van der Waals surface area contributed by atoms with Crippen LogP contribution in [0.25, 0.3) is 0 Å². The van der Waals surface area contributed by atoms with Crippen molar-refractivity contribution in [2.24, 2.45) is 0 Å². The summed E-state index contributed by atoms with van der Waals surface area (Å²) in [5.41, 5.74) is 1.32. The SMILES string of the molecule is O=C1c2ccccc2C(=O)c2c1ccc(COCCOCCOCCO)c2O. The Bertz CT molecular complexity index is 860. The van der Waals surface area contributed by atoms with E-state index in [0.29, 0.717) is 43.1 Å². The standard InChI is InChI=1S/C21H22O7/c22-7-8-26-9-10-27-11-12-28-13-14-5-6-17-18(19(14)23)21(25)16-4-2-1-3-15(16)20(17)24/h1-6,22-23H,7-13H2. The lowest BCUT2D eigenvalue weighted by atomic mass is 9.83. The summed E-state index contributed by atoms with van der Waals surface area (Å²) in [4.78, 5) is 25.4. The van der Waals surface area contributed by atoms with Crippen LogP contribution in [0.15, 0.2) is 36.4 Å². The number of carbonyl (C=O) groups is 2. The Kier molecular flexibility index (Phi) is 6.89. The number of fused-ring (bicyclic) bond motifs is 2. The smallest absolute Gasteiger partial charge is 0.198 e. The molecule has 0 spiro atoms. The van der Waals surface area contributed by atoms with Crippen molar-refractivity contribution in [1.82, 2.24) is 0 Å². The van der Waals surface area contributed by atoms with Crippen molar-refractivity contribution >= 4 is 11.6 Å². The lowest BCUT2D eigenvalue weighted by Crippen LogP contribution is -2.21. The zero-order valence-corrected chi connectivity index (χ0v) is 15.3. The largest absolute Gasteiger partial charge is 0.507 e. The van der Waals surface area contributed by atoms with Crippen LogP contribution in [0.4, 0.5) is 0 Å². The Morgan fingerprint density at radius 3 is 2.00 bits per heavy atom. The van der Waals surface area contributed by atoms with Crippen molar-refractivity contribution in [3.63, 3.8) is 0 Å². The van der Waals surface area contributed by atoms with E-state index < -0.39 is 0 Å². The fraction of sp³-hybridized carbons (Fsp3) is 0.333. The fourth-order valence-corrected chi connectivity index (χ4v) is 3.02. The monoisotopic (exact) mass is 386 g/mol. The molecule has 0 aliphatic heterocycles. The summed E-state index contributed by atoms with van der Waals surface area (Å²) in [6.45, 7) is 1.78. The average molecular weight is 386 g/mol. The molecule has 7 nitrogen and oxygen atoms in total. The van der Waals surface area contributed by atoms with E-state index in [1.54, 1.807) is 36.4 Å². The molecule has 3 rings (SSSR count). The molecule has 0 unspecified atom stereocenters. The molecule has 1 aliphatic carbocycles. The maximum atomic E-state index is 12.7. The molecular weight excluding hydrogens is 364 g/mol. The molecule has 2 aromatic rings. The number of carbonyl (C=O) groups excluding carboxylic acids is 2. The van der Waals surface area contributed by atoms with Crippen LogP contribution in [0.1, 0.15) is 37.4 Å². The molecule has 0 saturated carbocycles. The minimum atomic E-state index is -0.365. The number of rotatable bonds is 10. The summed E-state index contributed by atoms with van der Waals surface area (Å²) in [5.74, 6) is -0.857. The molecule has 0 saturated heterocycles. The third-order valence-corrected chi connectivity index (χ3v) is 4.39. The lowest BCUT2D eigenvalue weighted by Gasteiger charge is -2.19. The second kappa shape index (κ2) is 9.57. The average Bonchev–Trinajstić information content (AvgIpc) is 2.71. The van der Waals surface area contributed by atoms with Crippen LogP contribution in [0.3, 0.4) is 0 Å². The van der Waals surface area contributed by atoms with Gasteiger partial charge in [0.15, 0.2) is 11.6 Å². The van der Waals surface area contributed by atoms with Gasteiger partial charge in [0, 0.05) is 22.3 Å². The van der Waals surface area contributed by atoms with Gasteiger partial charge in [0.25, 0.3) is 0 Å². The summed E-state index contributed by atoms with van der Waals surface area (Å²) in [5, 5.41) is 19.1. The normalized spacial score (nSPS) is 12.8. The third-order valence-electron chi connectivity index (χ3n) is 4.39. The molecular formula is C21H22O7. The molecule has 0 atom stereocenters. The molecule has 0 fully saturated rings. The maximum absolute atomic E-state index is 12.7. The second-order valence-electron chi connectivity index (χ2n) is 6.20. The van der Waals surface area contributed by atoms with Crippen LogP contribution in [0.5, 0.6) is 5.75 Å². The molecule has 1 aliphatic rings. The number of aliphatic hydroxyl groups is 1. The Hall–Kier alpha value is -2.58. The Labute approximate surface area is 162 Å². The van der Waals surface area contributed by atoms with Gasteiger partial charge >= 0.3 is 0 Å². The summed E-state index contributed by atoms with van der Waals surface area (Å²) >= 11 is 0. The first-order chi connectivity index (χ1) is 13.6. The molecule has 7 heteroatoms. The van der Waals surface area contributed by atoms with Gasteiger partial charge in [0.05, 0.1) is 51.8 Å². The Balaban J connectivity index is 1.58. The van der Waals surface area contributed by atoms with Gasteiger partial charge in [-0.15, -0.1) is 0 Å². The molecule has 0 heterocycles. The van der Waals surface area contributed by atoms with E-state index in [1.807, 2.05) is 0 Å². The first-order valence-electron chi connectivity index (χ1n) is 9.02. The Morgan fingerprint density at radius 1 is 0.714 bits per heavy atom. The van der Waals surface area contributed by atoms with Gasteiger partial charge in [-0.2, -0.15) is 0 Å². The van der Waals surface area contributed by atoms with Crippen molar-refractivity contribution in [3.05, 3.63) is 64.2 Å². The highest BCUT2D eigenvalue weighted by molar-refractivity contribution is 6.29. The van der Waals surface area contributed by atoms with E-state index >= 15 is 0 Å². The second-order valence-corrected chi connectivity index (χ2v) is 6.20. The molecule has 2 aromatic carbocycles. The van der Waals surface area contributed by atoms with E-state index in [0.717, 1.165) is 0 Å². The van der Waals surface area contributed by atoms with Crippen LogP contribution >= 0.6 is 0 Å². The number of aromatic hydroxyl groups is 1. The number of ketones is 2. The minimum Gasteiger partial charge on any atom is -0.507 e. The quantitative estimate of drug-likeness (QED) is 0.511. The van der Waals surface area contributed by atoms with E-state index in [1.165, 1.54) is 0 Å². The van der Waals surface area contributed by atoms with E-state index in [4.69, 9.17) is 19.3 Å². The van der Waals surface area contributed by atoms with Crippen molar-refractivity contribution in [2.45, 2.75) is 6.61 Å². The summed E-state index contributed by atoms with van der Waals surface area (Å²) in [7, 11) is 0. The molecule has 28 heavy (non-hydrogen) atoms. The first kappa shape index (κ1) is 20.2. The third kappa shape index (κ3) is 4.28. The van der Waals surface area contributed by atoms with Gasteiger partial charge < -0.3 is 24.4 Å². The molecule has 0 radical (unpaired) electrons. The fourth-order valence-electron chi connectivity index (χ4n) is 3.02. The van der Waals surface area contributed by atoms with E-state index in [2.05, 4.69) is 0 Å². The predicted octanol–water partition coefficient (Wildman–Crippen LogP) is 1.71. The maximum Gasteiger partial charge on any atom is 0.198 e. The van der Waals surface area contributed by atoms with Crippen molar-refractivity contribution in [1.29, 1.82) is 0 Å². The molecule has 0 aromatic heterocycles. The Morgan fingerprint density at radius 2 is 1.32 bits per heavy atom. The van der Waals surface area contributed by atoms with Crippen molar-refractivity contribution in [3.8, 4) is 5.75 Å². The molecule has 0 bridgehead atoms. The van der Waals surface area contributed by atoms with Gasteiger partial charge in [-0.05, 0) is 6.07 Å². The van der Waals surface area contributed by atoms with Crippen LogP contribution < -0.4 is 0 Å². The molecule has 2 N–H and O–H groups in total. The van der Waals surface area contributed by atoms with Crippen LogP contribution in [-0.2, 0) is 20.8 Å². The summed E-state index contributed by atoms with van der Waals surface area (Å²) in [6.07, 6.45) is 0. The number of hydrogen-bond acceptors (Lipinski definition) is 7. The van der Waals surface area contributed by atoms with Gasteiger partial charge in [0.2, 0.25) is 0 Å². The number of aliphatic hydroxyl groups excluding tert-OH is 1. The van der Waals surface area contributed by atoms with Gasteiger partial charge in [-0.1, -0.05) is 30.3 Å². The zero-order valence-electron chi connectivity index (χ0n) is 15.3. The van der Waals surface area contributed by atoms with Gasteiger partial charge in [-0.3, -0.25) is 9.59 Å². The highest BCUT2D eigenvalue weighted by atomic mass is 16.5.